The third-order valence-electron chi connectivity index (χ3n) is 2.94. The highest BCUT2D eigenvalue weighted by molar-refractivity contribution is 9.10. The van der Waals surface area contributed by atoms with Gasteiger partial charge in [-0.3, -0.25) is 4.79 Å². The smallest absolute Gasteiger partial charge is 0.138 e. The third-order valence-corrected chi connectivity index (χ3v) is 3.71. The molecule has 100 valence electrons. The minimum atomic E-state index is -0.231. The number of halogens is 1. The third kappa shape index (κ3) is 4.45. The molecule has 0 saturated heterocycles. The summed E-state index contributed by atoms with van der Waals surface area (Å²) in [5.41, 5.74) is 0.960. The summed E-state index contributed by atoms with van der Waals surface area (Å²) in [6, 6.07) is 5.93. The molecule has 1 rings (SSSR count). The molecule has 0 amide bonds. The summed E-state index contributed by atoms with van der Waals surface area (Å²) in [4.78, 5) is 11.8. The highest BCUT2D eigenvalue weighted by Gasteiger charge is 2.20. The van der Waals surface area contributed by atoms with E-state index < -0.39 is 0 Å². The number of methoxy groups -OCH3 is 1. The van der Waals surface area contributed by atoms with Gasteiger partial charge in [-0.2, -0.15) is 0 Å². The van der Waals surface area contributed by atoms with Gasteiger partial charge in [-0.25, -0.2) is 0 Å². The number of aryl methyl sites for hydroxylation is 1. The van der Waals surface area contributed by atoms with Crippen molar-refractivity contribution in [2.75, 3.05) is 7.11 Å². The zero-order valence-electron chi connectivity index (χ0n) is 11.5. The zero-order valence-corrected chi connectivity index (χ0v) is 13.1. The van der Waals surface area contributed by atoms with Crippen LogP contribution in [0.25, 0.3) is 0 Å². The van der Waals surface area contributed by atoms with E-state index in [4.69, 9.17) is 4.74 Å². The lowest BCUT2D eigenvalue weighted by Crippen LogP contribution is -2.19. The van der Waals surface area contributed by atoms with Gasteiger partial charge < -0.3 is 4.74 Å². The molecule has 1 aromatic rings. The number of ketones is 1. The van der Waals surface area contributed by atoms with Crippen molar-refractivity contribution in [2.24, 2.45) is 5.41 Å². The van der Waals surface area contributed by atoms with Crippen LogP contribution in [0, 0.1) is 5.41 Å². The Labute approximate surface area is 118 Å². The van der Waals surface area contributed by atoms with Crippen LogP contribution in [0.3, 0.4) is 0 Å². The van der Waals surface area contributed by atoms with Gasteiger partial charge in [0, 0.05) is 16.3 Å². The van der Waals surface area contributed by atoms with Crippen LogP contribution in [0.5, 0.6) is 5.75 Å². The number of carbonyl (C=O) groups excluding carboxylic acids is 1. The van der Waals surface area contributed by atoms with Gasteiger partial charge in [0.2, 0.25) is 0 Å². The van der Waals surface area contributed by atoms with Crippen LogP contribution in [0.2, 0.25) is 0 Å². The Hall–Kier alpha value is -0.830. The summed E-state index contributed by atoms with van der Waals surface area (Å²) in [6.45, 7) is 5.91. The molecule has 18 heavy (non-hydrogen) atoms. The predicted molar refractivity (Wildman–Crippen MR) is 78.1 cm³/mol. The molecule has 0 unspecified atom stereocenters. The number of benzene rings is 1. The maximum atomic E-state index is 11.8. The summed E-state index contributed by atoms with van der Waals surface area (Å²) >= 11 is 3.53. The van der Waals surface area contributed by atoms with E-state index >= 15 is 0 Å². The first kappa shape index (κ1) is 15.2. The summed E-state index contributed by atoms with van der Waals surface area (Å²) < 4.78 is 6.28. The van der Waals surface area contributed by atoms with E-state index in [0.29, 0.717) is 12.2 Å². The van der Waals surface area contributed by atoms with Crippen molar-refractivity contribution >= 4 is 21.7 Å². The number of rotatable bonds is 5. The molecule has 0 N–H and O–H groups in total. The van der Waals surface area contributed by atoms with Crippen LogP contribution < -0.4 is 4.74 Å². The second-order valence-corrected chi connectivity index (χ2v) is 6.34. The van der Waals surface area contributed by atoms with E-state index in [9.17, 15) is 4.79 Å². The van der Waals surface area contributed by atoms with Crippen LogP contribution in [-0.4, -0.2) is 12.9 Å². The fourth-order valence-electron chi connectivity index (χ4n) is 1.68. The first-order valence-electron chi connectivity index (χ1n) is 6.20. The van der Waals surface area contributed by atoms with Crippen molar-refractivity contribution in [1.29, 1.82) is 0 Å². The molecule has 0 spiro atoms. The Bertz CT molecular complexity index is 419. The number of carbonyl (C=O) groups is 1. The van der Waals surface area contributed by atoms with E-state index in [-0.39, 0.29) is 5.41 Å². The Balaban J connectivity index is 2.56. The molecule has 0 fully saturated rings. The average Bonchev–Trinajstić information content (AvgIpc) is 2.30. The topological polar surface area (TPSA) is 26.3 Å². The molecular formula is C15H21BrO2. The van der Waals surface area contributed by atoms with Gasteiger partial charge in [-0.15, -0.1) is 0 Å². The Morgan fingerprint density at radius 3 is 2.56 bits per heavy atom. The molecular weight excluding hydrogens is 292 g/mol. The van der Waals surface area contributed by atoms with E-state index in [1.165, 1.54) is 5.56 Å². The zero-order chi connectivity index (χ0) is 13.8. The van der Waals surface area contributed by atoms with Crippen molar-refractivity contribution in [3.63, 3.8) is 0 Å². The Kier molecular flexibility index (Phi) is 5.39. The monoisotopic (exact) mass is 312 g/mol. The van der Waals surface area contributed by atoms with Gasteiger partial charge in [0.05, 0.1) is 7.11 Å². The summed E-state index contributed by atoms with van der Waals surface area (Å²) in [5, 5.41) is 0. The summed E-state index contributed by atoms with van der Waals surface area (Å²) in [7, 11) is 1.66. The first-order valence-corrected chi connectivity index (χ1v) is 6.99. The molecule has 0 aliphatic carbocycles. The number of ether oxygens (including phenoxy) is 1. The molecule has 0 radical (unpaired) electrons. The quantitative estimate of drug-likeness (QED) is 0.805. The highest BCUT2D eigenvalue weighted by atomic mass is 79.9. The van der Waals surface area contributed by atoms with Crippen molar-refractivity contribution in [3.8, 4) is 5.75 Å². The van der Waals surface area contributed by atoms with Gasteiger partial charge >= 0.3 is 0 Å². The highest BCUT2D eigenvalue weighted by Crippen LogP contribution is 2.25. The second kappa shape index (κ2) is 6.37. The summed E-state index contributed by atoms with van der Waals surface area (Å²) in [6.07, 6.45) is 2.40. The van der Waals surface area contributed by atoms with Crippen LogP contribution in [0.15, 0.2) is 22.7 Å². The Morgan fingerprint density at radius 2 is 2.00 bits per heavy atom. The van der Waals surface area contributed by atoms with Crippen molar-refractivity contribution in [1.82, 2.24) is 0 Å². The van der Waals surface area contributed by atoms with Crippen molar-refractivity contribution in [3.05, 3.63) is 28.2 Å². The van der Waals surface area contributed by atoms with E-state index in [1.54, 1.807) is 7.11 Å². The molecule has 3 heteroatoms. The van der Waals surface area contributed by atoms with Gasteiger partial charge in [0.25, 0.3) is 0 Å². The standard InChI is InChI=1S/C15H21BrO2/c1-15(2,3)14(17)7-5-6-11-10-12(18-4)8-9-13(11)16/h8-10H,5-7H2,1-4H3. The lowest BCUT2D eigenvalue weighted by Gasteiger charge is -2.16. The molecule has 0 aliphatic heterocycles. The minimum Gasteiger partial charge on any atom is -0.497 e. The van der Waals surface area contributed by atoms with Gasteiger partial charge in [-0.05, 0) is 36.6 Å². The van der Waals surface area contributed by atoms with E-state index in [1.807, 2.05) is 39.0 Å². The van der Waals surface area contributed by atoms with Crippen molar-refractivity contribution in [2.45, 2.75) is 40.0 Å². The second-order valence-electron chi connectivity index (χ2n) is 5.48. The molecule has 0 heterocycles. The van der Waals surface area contributed by atoms with Crippen LogP contribution in [0.4, 0.5) is 0 Å². The maximum Gasteiger partial charge on any atom is 0.138 e. The average molecular weight is 313 g/mol. The van der Waals surface area contributed by atoms with Gasteiger partial charge in [0.15, 0.2) is 0 Å². The number of hydrogen-bond donors (Lipinski definition) is 0. The van der Waals surface area contributed by atoms with Crippen LogP contribution in [0.1, 0.15) is 39.2 Å². The molecule has 0 saturated carbocycles. The first-order chi connectivity index (χ1) is 8.34. The molecule has 2 nitrogen and oxygen atoms in total. The molecule has 0 atom stereocenters. The molecule has 0 bridgehead atoms. The number of Topliss-reactive ketones (excluding diaryl/α,β-unsaturated/α-hetero) is 1. The lowest BCUT2D eigenvalue weighted by molar-refractivity contribution is -0.126. The van der Waals surface area contributed by atoms with Crippen molar-refractivity contribution < 1.29 is 9.53 Å². The maximum absolute atomic E-state index is 11.8. The normalized spacial score (nSPS) is 11.4. The SMILES string of the molecule is COc1ccc(Br)c(CCCC(=O)C(C)(C)C)c1. The summed E-state index contributed by atoms with van der Waals surface area (Å²) in [5.74, 6) is 1.18. The fourth-order valence-corrected chi connectivity index (χ4v) is 2.13. The lowest BCUT2D eigenvalue weighted by atomic mass is 9.87. The predicted octanol–water partition coefficient (Wildman–Crippen LogP) is 4.40. The molecule has 0 aromatic heterocycles. The molecule has 0 aliphatic rings. The largest absolute Gasteiger partial charge is 0.497 e. The van der Waals surface area contributed by atoms with E-state index in [0.717, 1.165) is 23.1 Å². The van der Waals surface area contributed by atoms with E-state index in [2.05, 4.69) is 15.9 Å². The minimum absolute atomic E-state index is 0.231. The Morgan fingerprint density at radius 1 is 1.33 bits per heavy atom. The fraction of sp³-hybridized carbons (Fsp3) is 0.533. The van der Waals surface area contributed by atoms with Crippen LogP contribution in [-0.2, 0) is 11.2 Å². The molecule has 1 aromatic carbocycles. The number of hydrogen-bond acceptors (Lipinski definition) is 2. The van der Waals surface area contributed by atoms with Crippen LogP contribution >= 0.6 is 15.9 Å². The van der Waals surface area contributed by atoms with Gasteiger partial charge in [-0.1, -0.05) is 36.7 Å². The van der Waals surface area contributed by atoms with Gasteiger partial charge in [0.1, 0.15) is 11.5 Å².